The van der Waals surface area contributed by atoms with E-state index in [9.17, 15) is 28.8 Å². The van der Waals surface area contributed by atoms with Crippen molar-refractivity contribution in [1.82, 2.24) is 30.5 Å². The van der Waals surface area contributed by atoms with E-state index in [1.807, 2.05) is 74.5 Å². The number of nitrogens with one attached hydrogen (secondary N) is 2. The van der Waals surface area contributed by atoms with Crippen LogP contribution in [0.2, 0.25) is 0 Å². The summed E-state index contributed by atoms with van der Waals surface area (Å²) in [7, 11) is 1.55. The molecular formula is C40H50N8O6. The van der Waals surface area contributed by atoms with Gasteiger partial charge >= 0.3 is 0 Å². The van der Waals surface area contributed by atoms with Crippen LogP contribution < -0.4 is 10.6 Å². The van der Waals surface area contributed by atoms with Crippen molar-refractivity contribution in [2.45, 2.75) is 108 Å². The van der Waals surface area contributed by atoms with Gasteiger partial charge in [0.1, 0.15) is 36.3 Å². The third-order valence-corrected chi connectivity index (χ3v) is 11.1. The van der Waals surface area contributed by atoms with Gasteiger partial charge in [-0.1, -0.05) is 80.9 Å². The van der Waals surface area contributed by atoms with Gasteiger partial charge in [-0.3, -0.25) is 28.8 Å². The van der Waals surface area contributed by atoms with Gasteiger partial charge in [0.25, 0.3) is 11.8 Å². The minimum Gasteiger partial charge on any atom is -0.342 e. The lowest BCUT2D eigenvalue weighted by molar-refractivity contribution is -0.157. The van der Waals surface area contributed by atoms with E-state index in [2.05, 4.69) is 20.8 Å². The van der Waals surface area contributed by atoms with E-state index in [1.54, 1.807) is 19.5 Å². The average molecular weight is 739 g/mol. The molecule has 4 heterocycles. The van der Waals surface area contributed by atoms with E-state index < -0.39 is 71.7 Å². The van der Waals surface area contributed by atoms with Crippen LogP contribution in [0.25, 0.3) is 0 Å². The van der Waals surface area contributed by atoms with Crippen LogP contribution in [-0.4, -0.2) is 118 Å². The Balaban J connectivity index is 1.43. The van der Waals surface area contributed by atoms with Gasteiger partial charge in [-0.2, -0.15) is 10.2 Å². The molecule has 0 unspecified atom stereocenters. The Bertz CT molecular complexity index is 1770. The molecule has 7 atom stereocenters. The largest absolute Gasteiger partial charge is 0.342 e. The number of fused-ring (bicyclic) bond motifs is 3. The first-order valence-corrected chi connectivity index (χ1v) is 19.1. The number of hydrazone groups is 2. The van der Waals surface area contributed by atoms with Gasteiger partial charge < -0.3 is 20.4 Å². The zero-order valence-corrected chi connectivity index (χ0v) is 31.2. The van der Waals surface area contributed by atoms with E-state index in [4.69, 9.17) is 0 Å². The normalized spacial score (nSPS) is 27.8. The van der Waals surface area contributed by atoms with E-state index >= 15 is 0 Å². The zero-order valence-electron chi connectivity index (χ0n) is 31.2. The van der Waals surface area contributed by atoms with Crippen molar-refractivity contribution >= 4 is 47.9 Å². The Morgan fingerprint density at radius 2 is 1.26 bits per heavy atom. The number of carbonyl (C=O) groups is 6. The van der Waals surface area contributed by atoms with Crippen molar-refractivity contribution in [1.29, 1.82) is 0 Å². The Morgan fingerprint density at radius 3 is 1.87 bits per heavy atom. The van der Waals surface area contributed by atoms with E-state index in [0.29, 0.717) is 38.6 Å². The molecule has 4 aliphatic rings. The summed E-state index contributed by atoms with van der Waals surface area (Å²) in [5.41, 5.74) is 1.61. The van der Waals surface area contributed by atoms with E-state index in [0.717, 1.165) is 21.1 Å². The van der Waals surface area contributed by atoms with Crippen LogP contribution in [0.3, 0.4) is 0 Å². The number of carbonyl (C=O) groups excluding carboxylic acids is 6. The lowest BCUT2D eigenvalue weighted by Crippen LogP contribution is -2.63. The first-order chi connectivity index (χ1) is 26.1. The second-order valence-electron chi connectivity index (χ2n) is 14.6. The van der Waals surface area contributed by atoms with Gasteiger partial charge in [-0.05, 0) is 55.6 Å². The summed E-state index contributed by atoms with van der Waals surface area (Å²) in [6, 6.07) is 12.4. The Labute approximate surface area is 316 Å². The van der Waals surface area contributed by atoms with Crippen LogP contribution in [0.5, 0.6) is 0 Å². The fourth-order valence-electron chi connectivity index (χ4n) is 7.71. The molecule has 2 fully saturated rings. The molecule has 0 aliphatic carbocycles. The highest BCUT2D eigenvalue weighted by atomic mass is 16.2. The van der Waals surface area contributed by atoms with Gasteiger partial charge in [0.15, 0.2) is 0 Å². The van der Waals surface area contributed by atoms with Crippen LogP contribution in [0.4, 0.5) is 0 Å². The molecule has 2 aromatic rings. The number of hydrogen-bond donors (Lipinski definition) is 2. The first-order valence-electron chi connectivity index (χ1n) is 19.1. The lowest BCUT2D eigenvalue weighted by atomic mass is 9.95. The topological polar surface area (TPSA) is 164 Å². The second kappa shape index (κ2) is 17.2. The number of hydrogen-bond acceptors (Lipinski definition) is 8. The van der Waals surface area contributed by atoms with E-state index in [1.165, 1.54) is 9.80 Å². The summed E-state index contributed by atoms with van der Waals surface area (Å²) in [4.78, 5) is 89.5. The predicted octanol–water partition coefficient (Wildman–Crippen LogP) is 2.27. The maximum atomic E-state index is 14.7. The fourth-order valence-corrected chi connectivity index (χ4v) is 7.71. The van der Waals surface area contributed by atoms with Crippen molar-refractivity contribution in [3.63, 3.8) is 0 Å². The molecule has 2 N–H and O–H groups in total. The molecule has 0 aromatic heterocycles. The molecule has 0 radical (unpaired) electrons. The van der Waals surface area contributed by atoms with E-state index in [-0.39, 0.29) is 31.6 Å². The standard InChI is InChI=1S/C40H50N8O6/c1-4-26(2)34-40(54)48-32(19-12-22-42-48)39(53)47-31(18-11-21-41-47)37(51)45(3)33(25-28-16-9-6-10-17-28)38(52)46-23-13-20-30(46)36(50)43-29(35(49)44-34)24-27-14-7-5-8-15-27/h5-10,14-17,21-22,26,29-34H,4,11-13,18-20,23-25H2,1-3H3,(H,43,50)(H,44,49)/t26-,29+,30-,31-,32+,33-,34-/m0/s1. The minimum absolute atomic E-state index is 0.131. The third kappa shape index (κ3) is 8.22. The van der Waals surface area contributed by atoms with Crippen molar-refractivity contribution in [2.75, 3.05) is 13.6 Å². The Kier molecular flexibility index (Phi) is 12.2. The number of benzene rings is 2. The summed E-state index contributed by atoms with van der Waals surface area (Å²) in [5.74, 6) is -3.44. The summed E-state index contributed by atoms with van der Waals surface area (Å²) in [5, 5.41) is 16.9. The zero-order chi connectivity index (χ0) is 38.4. The number of likely N-dealkylation sites (N-methyl/N-ethyl adjacent to an activating group) is 1. The SMILES string of the molecule is CC[C@H](C)[C@@H]1NC(=O)[C@@H](Cc2ccccc2)NC(=O)[C@@H]2CCCN2C(=O)[C@H](Cc2ccccc2)N(C)C(=O)[C@@H]2CCC=NN2C(=O)[C@H]2CCC=NN2C1=O. The maximum Gasteiger partial charge on any atom is 0.268 e. The van der Waals surface area contributed by atoms with Crippen LogP contribution in [0.15, 0.2) is 70.9 Å². The van der Waals surface area contributed by atoms with Gasteiger partial charge in [0.05, 0.1) is 0 Å². The van der Waals surface area contributed by atoms with Gasteiger partial charge in [0.2, 0.25) is 23.6 Å². The highest BCUT2D eigenvalue weighted by Crippen LogP contribution is 2.27. The minimum atomic E-state index is -1.09. The molecule has 14 nitrogen and oxygen atoms in total. The van der Waals surface area contributed by atoms with Crippen LogP contribution in [0.1, 0.15) is 69.9 Å². The van der Waals surface area contributed by atoms with Gasteiger partial charge in [0, 0.05) is 38.9 Å². The summed E-state index contributed by atoms with van der Waals surface area (Å²) in [6.07, 6.45) is 6.21. The monoisotopic (exact) mass is 738 g/mol. The summed E-state index contributed by atoms with van der Waals surface area (Å²) < 4.78 is 0. The molecule has 6 rings (SSSR count). The molecule has 286 valence electrons. The number of nitrogens with zero attached hydrogens (tertiary/aromatic N) is 6. The highest BCUT2D eigenvalue weighted by Gasteiger charge is 2.46. The van der Waals surface area contributed by atoms with Crippen molar-refractivity contribution in [2.24, 2.45) is 16.1 Å². The molecule has 0 spiro atoms. The molecule has 54 heavy (non-hydrogen) atoms. The van der Waals surface area contributed by atoms with Crippen LogP contribution in [0, 0.1) is 5.92 Å². The smallest absolute Gasteiger partial charge is 0.268 e. The van der Waals surface area contributed by atoms with Crippen molar-refractivity contribution in [3.05, 3.63) is 71.8 Å². The number of amides is 6. The van der Waals surface area contributed by atoms with Crippen LogP contribution in [-0.2, 0) is 41.6 Å². The molecule has 0 bridgehead atoms. The maximum absolute atomic E-state index is 14.7. The first kappa shape index (κ1) is 38.3. The molecule has 2 saturated heterocycles. The van der Waals surface area contributed by atoms with Crippen molar-refractivity contribution in [3.8, 4) is 0 Å². The average Bonchev–Trinajstić information content (AvgIpc) is 3.71. The molecule has 14 heteroatoms. The molecule has 0 saturated carbocycles. The van der Waals surface area contributed by atoms with Gasteiger partial charge in [-0.25, -0.2) is 10.0 Å². The highest BCUT2D eigenvalue weighted by molar-refractivity contribution is 5.99. The summed E-state index contributed by atoms with van der Waals surface area (Å²) >= 11 is 0. The lowest BCUT2D eigenvalue weighted by Gasteiger charge is -2.40. The fraction of sp³-hybridized carbons (Fsp3) is 0.500. The third-order valence-electron chi connectivity index (χ3n) is 11.1. The number of rotatable bonds is 6. The quantitative estimate of drug-likeness (QED) is 0.462. The predicted molar refractivity (Wildman–Crippen MR) is 202 cm³/mol. The molecule has 6 amide bonds. The Morgan fingerprint density at radius 1 is 0.685 bits per heavy atom. The summed E-state index contributed by atoms with van der Waals surface area (Å²) in [6.45, 7) is 4.02. The second-order valence-corrected chi connectivity index (χ2v) is 14.6. The molecular weight excluding hydrogens is 688 g/mol. The Hall–Kier alpha value is -5.40. The molecule has 4 aliphatic heterocycles. The van der Waals surface area contributed by atoms with Gasteiger partial charge in [-0.15, -0.1) is 0 Å². The van der Waals surface area contributed by atoms with Crippen LogP contribution >= 0.6 is 0 Å². The van der Waals surface area contributed by atoms with Crippen molar-refractivity contribution < 1.29 is 28.8 Å². The molecule has 2 aromatic carbocycles.